The van der Waals surface area contributed by atoms with Crippen molar-refractivity contribution < 1.29 is 23.5 Å². The van der Waals surface area contributed by atoms with Crippen molar-refractivity contribution in [3.05, 3.63) is 65.9 Å². The average Bonchev–Trinajstić information content (AvgIpc) is 3.21. The molecule has 3 N–H and O–H groups in total. The lowest BCUT2D eigenvalue weighted by atomic mass is 10.1. The second kappa shape index (κ2) is 17.0. The first-order valence-corrected chi connectivity index (χ1v) is 11.1. The molecule has 0 fully saturated rings. The van der Waals surface area contributed by atoms with Crippen LogP contribution in [0.15, 0.2) is 54.6 Å². The molecule has 0 aliphatic rings. The number of carboxylic acids is 1. The van der Waals surface area contributed by atoms with Gasteiger partial charge >= 0.3 is 12.0 Å². The topological polar surface area (TPSA) is 101 Å². The number of nitrogens with zero attached hydrogens (tertiary/aromatic N) is 3. The fourth-order valence-electron chi connectivity index (χ4n) is 2.65. The van der Waals surface area contributed by atoms with Crippen molar-refractivity contribution in [2.75, 3.05) is 11.9 Å². The fourth-order valence-corrected chi connectivity index (χ4v) is 2.65. The Hall–Kier alpha value is -3.49. The number of amides is 2. The van der Waals surface area contributed by atoms with Crippen LogP contribution in [-0.2, 0) is 17.6 Å². The summed E-state index contributed by atoms with van der Waals surface area (Å²) in [5.74, 6) is -0.380. The maximum absolute atomic E-state index is 11.6. The summed E-state index contributed by atoms with van der Waals surface area (Å²) in [6.45, 7) is 7.08. The Morgan fingerprint density at radius 3 is 2.21 bits per heavy atom. The van der Waals surface area contributed by atoms with E-state index in [4.69, 9.17) is 10.8 Å². The number of allylic oxidation sites excluding steroid dienone is 3. The van der Waals surface area contributed by atoms with Crippen LogP contribution in [0.5, 0.6) is 0 Å². The summed E-state index contributed by atoms with van der Waals surface area (Å²) < 4.78 is 23.8. The number of nitrogens with two attached hydrogens (primary N) is 1. The van der Waals surface area contributed by atoms with Gasteiger partial charge in [0.1, 0.15) is 5.82 Å². The van der Waals surface area contributed by atoms with Gasteiger partial charge < -0.3 is 10.8 Å². The van der Waals surface area contributed by atoms with Gasteiger partial charge in [0.05, 0.1) is 30.0 Å². The number of carbonyl (C=O) groups excluding carboxylic acids is 1. The first-order valence-electron chi connectivity index (χ1n) is 11.1. The number of hydrogen-bond donors (Lipinski definition) is 2. The zero-order chi connectivity index (χ0) is 26.1. The normalized spacial score (nSPS) is 10.7. The van der Waals surface area contributed by atoms with Crippen LogP contribution in [0.4, 0.5) is 19.4 Å². The maximum Gasteiger partial charge on any atom is 0.320 e. The van der Waals surface area contributed by atoms with Gasteiger partial charge in [-0.1, -0.05) is 44.6 Å². The average molecular weight is 479 g/mol. The fraction of sp³-hybridized carbons (Fsp3) is 0.400. The smallest absolute Gasteiger partial charge is 0.320 e. The molecular weight excluding hydrogens is 442 g/mol. The van der Waals surface area contributed by atoms with E-state index in [-0.39, 0.29) is 12.2 Å². The zero-order valence-electron chi connectivity index (χ0n) is 20.6. The lowest BCUT2D eigenvalue weighted by Gasteiger charge is -2.16. The molecule has 0 unspecified atom stereocenters. The third-order valence-corrected chi connectivity index (χ3v) is 4.35. The number of carbonyl (C=O) groups is 2. The highest BCUT2D eigenvalue weighted by Gasteiger charge is 2.16. The second-order valence-corrected chi connectivity index (χ2v) is 7.30. The number of carboxylic acid groups (broad SMARTS) is 1. The highest BCUT2D eigenvalue weighted by molar-refractivity contribution is 5.89. The number of hydrogen-bond acceptors (Lipinski definition) is 3. The molecule has 2 amide bonds. The van der Waals surface area contributed by atoms with Gasteiger partial charge in [-0.15, -0.1) is 0 Å². The standard InChI is InChI=1S/C17H22N4O3.C5H9F.C3H5F/c1-3-4-5-13-11-15(20(2)17(18)24)21(19-13)14-8-6-12(7-9-14)10-16(22)23;1-3-4-5(2)6;1-2-3-4/h6-9,11H,3-5,10H2,1-2H3,(H2,18,24)(H,22,23);4H,3H2,1-2H3;2-3H,1H3/b;5-4+;3-2+. The van der Waals surface area contributed by atoms with Crippen molar-refractivity contribution in [1.82, 2.24) is 9.78 Å². The van der Waals surface area contributed by atoms with Gasteiger partial charge in [-0.3, -0.25) is 9.69 Å². The summed E-state index contributed by atoms with van der Waals surface area (Å²) in [7, 11) is 1.60. The number of primary amides is 1. The van der Waals surface area contributed by atoms with Crippen LogP contribution in [0.25, 0.3) is 5.69 Å². The molecule has 0 spiro atoms. The largest absolute Gasteiger partial charge is 0.481 e. The number of unbranched alkanes of at least 4 members (excludes halogenated alkanes) is 1. The Labute approximate surface area is 200 Å². The summed E-state index contributed by atoms with van der Waals surface area (Å²) in [5.41, 5.74) is 7.72. The second-order valence-electron chi connectivity index (χ2n) is 7.30. The third-order valence-electron chi connectivity index (χ3n) is 4.35. The lowest BCUT2D eigenvalue weighted by Crippen LogP contribution is -2.33. The molecule has 0 aliphatic carbocycles. The summed E-state index contributed by atoms with van der Waals surface area (Å²) in [6.07, 6.45) is 7.02. The van der Waals surface area contributed by atoms with Gasteiger partial charge in [0.15, 0.2) is 0 Å². The molecule has 0 bridgehead atoms. The molecular formula is C25H36F2N4O3. The first kappa shape index (κ1) is 30.5. The van der Waals surface area contributed by atoms with Crippen molar-refractivity contribution in [1.29, 1.82) is 0 Å². The Kier molecular flexibility index (Phi) is 15.3. The number of aliphatic carboxylic acids is 1. The summed E-state index contributed by atoms with van der Waals surface area (Å²) in [6, 6.07) is 8.34. The monoisotopic (exact) mass is 478 g/mol. The van der Waals surface area contributed by atoms with Crippen molar-refractivity contribution in [2.24, 2.45) is 5.73 Å². The molecule has 9 heteroatoms. The lowest BCUT2D eigenvalue weighted by molar-refractivity contribution is -0.136. The Morgan fingerprint density at radius 1 is 1.24 bits per heavy atom. The quantitative estimate of drug-likeness (QED) is 0.477. The number of urea groups is 1. The van der Waals surface area contributed by atoms with Crippen molar-refractivity contribution in [3.63, 3.8) is 0 Å². The van der Waals surface area contributed by atoms with E-state index in [1.54, 1.807) is 49.0 Å². The van der Waals surface area contributed by atoms with Gasteiger partial charge in [0, 0.05) is 13.1 Å². The summed E-state index contributed by atoms with van der Waals surface area (Å²) in [5, 5.41) is 13.4. The van der Waals surface area contributed by atoms with E-state index >= 15 is 0 Å². The summed E-state index contributed by atoms with van der Waals surface area (Å²) >= 11 is 0. The molecule has 0 aliphatic heterocycles. The van der Waals surface area contributed by atoms with E-state index < -0.39 is 12.0 Å². The minimum atomic E-state index is -0.877. The molecule has 34 heavy (non-hydrogen) atoms. The number of aromatic nitrogens is 2. The van der Waals surface area contributed by atoms with Gasteiger partial charge in [0.25, 0.3) is 0 Å². The predicted molar refractivity (Wildman–Crippen MR) is 133 cm³/mol. The van der Waals surface area contributed by atoms with Crippen LogP contribution >= 0.6 is 0 Å². The van der Waals surface area contributed by atoms with Crippen LogP contribution in [0, 0.1) is 0 Å². The summed E-state index contributed by atoms with van der Waals surface area (Å²) in [4.78, 5) is 23.6. The SMILES string of the molecule is C/C=C/F.CC/C=C(\C)F.CCCCc1cc(N(C)C(N)=O)n(-c2ccc(CC(=O)O)cc2)n1. The van der Waals surface area contributed by atoms with Crippen LogP contribution in [0.2, 0.25) is 0 Å². The van der Waals surface area contributed by atoms with Crippen LogP contribution in [0.1, 0.15) is 58.2 Å². The molecule has 0 radical (unpaired) electrons. The molecule has 0 saturated carbocycles. The van der Waals surface area contributed by atoms with Crippen molar-refractivity contribution >= 4 is 17.8 Å². The molecule has 188 valence electrons. The van der Waals surface area contributed by atoms with Crippen LogP contribution in [-0.4, -0.2) is 33.9 Å². The predicted octanol–water partition coefficient (Wildman–Crippen LogP) is 6.12. The molecule has 0 saturated heterocycles. The molecule has 0 atom stereocenters. The van der Waals surface area contributed by atoms with Gasteiger partial charge in [-0.25, -0.2) is 18.3 Å². The van der Waals surface area contributed by atoms with Crippen molar-refractivity contribution in [3.8, 4) is 5.69 Å². The van der Waals surface area contributed by atoms with E-state index in [2.05, 4.69) is 12.0 Å². The van der Waals surface area contributed by atoms with E-state index in [0.29, 0.717) is 17.7 Å². The van der Waals surface area contributed by atoms with Gasteiger partial charge in [-0.05, 0) is 50.8 Å². The van der Waals surface area contributed by atoms with Crippen LogP contribution in [0.3, 0.4) is 0 Å². The zero-order valence-corrected chi connectivity index (χ0v) is 20.6. The third kappa shape index (κ3) is 11.9. The Bertz CT molecular complexity index is 930. The Balaban J connectivity index is 0.000000917. The van der Waals surface area contributed by atoms with E-state index in [9.17, 15) is 18.4 Å². The number of benzene rings is 1. The minimum Gasteiger partial charge on any atom is -0.481 e. The molecule has 7 nitrogen and oxygen atoms in total. The Morgan fingerprint density at radius 2 is 1.82 bits per heavy atom. The van der Waals surface area contributed by atoms with Crippen LogP contribution < -0.4 is 10.6 Å². The van der Waals surface area contributed by atoms with E-state index in [1.807, 2.05) is 13.0 Å². The minimum absolute atomic E-state index is 0.0326. The number of anilines is 1. The number of aryl methyl sites for hydroxylation is 1. The maximum atomic E-state index is 11.6. The van der Waals surface area contributed by atoms with Crippen molar-refractivity contribution in [2.45, 2.75) is 59.8 Å². The van der Waals surface area contributed by atoms with E-state index in [1.165, 1.54) is 17.9 Å². The van der Waals surface area contributed by atoms with Gasteiger partial charge in [0.2, 0.25) is 0 Å². The van der Waals surface area contributed by atoms with Gasteiger partial charge in [-0.2, -0.15) is 5.10 Å². The van der Waals surface area contributed by atoms with E-state index in [0.717, 1.165) is 37.1 Å². The number of rotatable bonds is 8. The molecule has 1 heterocycles. The highest BCUT2D eigenvalue weighted by Crippen LogP contribution is 2.22. The molecule has 1 aromatic carbocycles. The molecule has 2 rings (SSSR count). The first-order chi connectivity index (χ1) is 16.1. The highest BCUT2D eigenvalue weighted by atomic mass is 19.1. The molecule has 2 aromatic rings. The number of halogens is 2. The molecule has 1 aromatic heterocycles.